The maximum Gasteiger partial charge on any atom is 0.236 e. The molecule has 0 saturated carbocycles. The van der Waals surface area contributed by atoms with Crippen molar-refractivity contribution in [3.05, 3.63) is 35.4 Å². The lowest BCUT2D eigenvalue weighted by molar-refractivity contribution is -0.136. The molecule has 1 aromatic carbocycles. The van der Waals surface area contributed by atoms with Crippen molar-refractivity contribution in [1.82, 2.24) is 20.0 Å². The number of halogens is 3. The van der Waals surface area contributed by atoms with Crippen molar-refractivity contribution in [3.8, 4) is 0 Å². The molecule has 0 bridgehead atoms. The van der Waals surface area contributed by atoms with Crippen molar-refractivity contribution in [3.63, 3.8) is 0 Å². The summed E-state index contributed by atoms with van der Waals surface area (Å²) in [5.74, 6) is -0.133. The van der Waals surface area contributed by atoms with Gasteiger partial charge in [-0.2, -0.15) is 0 Å². The van der Waals surface area contributed by atoms with Crippen LogP contribution in [0.15, 0.2) is 23.2 Å². The molecular weight excluding hydrogens is 495 g/mol. The zero-order valence-corrected chi connectivity index (χ0v) is 18.9. The van der Waals surface area contributed by atoms with E-state index in [2.05, 4.69) is 20.1 Å². The molecule has 0 atom stereocenters. The van der Waals surface area contributed by atoms with Gasteiger partial charge in [0, 0.05) is 58.4 Å². The molecule has 2 aliphatic rings. The molecule has 1 amide bonds. The van der Waals surface area contributed by atoms with Crippen LogP contribution in [0.2, 0.25) is 0 Å². The molecule has 2 heterocycles. The highest BCUT2D eigenvalue weighted by Gasteiger charge is 2.24. The van der Waals surface area contributed by atoms with E-state index in [4.69, 9.17) is 4.74 Å². The van der Waals surface area contributed by atoms with Gasteiger partial charge < -0.3 is 19.9 Å². The van der Waals surface area contributed by atoms with E-state index < -0.39 is 11.6 Å². The number of ether oxygens (including phenoxy) is 1. The lowest BCUT2D eigenvalue weighted by Gasteiger charge is -2.37. The summed E-state index contributed by atoms with van der Waals surface area (Å²) >= 11 is 0. The Kier molecular flexibility index (Phi) is 9.50. The molecule has 3 rings (SSSR count). The molecule has 0 unspecified atom stereocenters. The molecule has 2 saturated heterocycles. The number of hydrogen-bond donors (Lipinski definition) is 1. The number of hydrogen-bond acceptors (Lipinski definition) is 4. The number of piperazine rings is 1. The van der Waals surface area contributed by atoms with Gasteiger partial charge in [-0.05, 0) is 18.2 Å². The van der Waals surface area contributed by atoms with Crippen LogP contribution in [0.25, 0.3) is 0 Å². The van der Waals surface area contributed by atoms with E-state index in [0.29, 0.717) is 51.9 Å². The molecule has 0 aromatic heterocycles. The highest BCUT2D eigenvalue weighted by molar-refractivity contribution is 14.0. The van der Waals surface area contributed by atoms with Gasteiger partial charge in [-0.3, -0.25) is 14.7 Å². The molecule has 0 aliphatic carbocycles. The summed E-state index contributed by atoms with van der Waals surface area (Å²) in [6, 6.07) is 3.41. The Morgan fingerprint density at radius 1 is 1.10 bits per heavy atom. The fourth-order valence-corrected chi connectivity index (χ4v) is 3.41. The van der Waals surface area contributed by atoms with E-state index >= 15 is 0 Å². The van der Waals surface area contributed by atoms with Crippen LogP contribution in [0.3, 0.4) is 0 Å². The quantitative estimate of drug-likeness (QED) is 0.365. The number of amides is 1. The summed E-state index contributed by atoms with van der Waals surface area (Å²) in [5, 5.41) is 3.09. The summed E-state index contributed by atoms with van der Waals surface area (Å²) in [7, 11) is 1.67. The van der Waals surface area contributed by atoms with E-state index in [-0.39, 0.29) is 42.0 Å². The second-order valence-electron chi connectivity index (χ2n) is 6.89. The first-order valence-corrected chi connectivity index (χ1v) is 9.54. The van der Waals surface area contributed by atoms with Crippen molar-refractivity contribution in [1.29, 1.82) is 0 Å². The monoisotopic (exact) mass is 523 g/mol. The Bertz CT molecular complexity index is 708. The first kappa shape index (κ1) is 23.7. The van der Waals surface area contributed by atoms with Gasteiger partial charge in [0.15, 0.2) is 5.96 Å². The number of benzene rings is 1. The molecule has 2 aliphatic heterocycles. The number of carbonyl (C=O) groups excluding carboxylic acids is 1. The van der Waals surface area contributed by atoms with Crippen molar-refractivity contribution < 1.29 is 18.3 Å². The number of aliphatic imine (C=N–C) groups is 1. The Hall–Kier alpha value is -1.53. The zero-order valence-electron chi connectivity index (χ0n) is 16.6. The van der Waals surface area contributed by atoms with Crippen LogP contribution in [-0.2, 0) is 16.1 Å². The van der Waals surface area contributed by atoms with Crippen molar-refractivity contribution >= 4 is 35.8 Å². The number of morpholine rings is 1. The van der Waals surface area contributed by atoms with Gasteiger partial charge in [0.1, 0.15) is 11.6 Å². The number of nitrogens with one attached hydrogen (secondary N) is 1. The molecule has 10 heteroatoms. The average molecular weight is 523 g/mol. The molecule has 1 aromatic rings. The van der Waals surface area contributed by atoms with Crippen molar-refractivity contribution in [2.45, 2.75) is 6.54 Å². The van der Waals surface area contributed by atoms with E-state index in [1.54, 1.807) is 7.05 Å². The minimum atomic E-state index is -0.466. The predicted molar refractivity (Wildman–Crippen MR) is 117 cm³/mol. The van der Waals surface area contributed by atoms with Gasteiger partial charge in [0.25, 0.3) is 0 Å². The molecule has 0 radical (unpaired) electrons. The summed E-state index contributed by atoms with van der Waals surface area (Å²) in [6.07, 6.45) is 0. The summed E-state index contributed by atoms with van der Waals surface area (Å²) < 4.78 is 32.4. The van der Waals surface area contributed by atoms with Gasteiger partial charge in [0.05, 0.1) is 19.8 Å². The Balaban J connectivity index is 0.00000300. The third kappa shape index (κ3) is 6.75. The first-order valence-electron chi connectivity index (χ1n) is 9.54. The predicted octanol–water partition coefficient (Wildman–Crippen LogP) is 1.13. The van der Waals surface area contributed by atoms with Gasteiger partial charge in [-0.25, -0.2) is 8.78 Å². The van der Waals surface area contributed by atoms with Crippen LogP contribution < -0.4 is 5.32 Å². The summed E-state index contributed by atoms with van der Waals surface area (Å²) in [4.78, 5) is 22.7. The van der Waals surface area contributed by atoms with E-state index in [1.165, 1.54) is 6.07 Å². The number of nitrogens with zero attached hydrogens (tertiary/aromatic N) is 4. The fourth-order valence-electron chi connectivity index (χ4n) is 3.41. The maximum absolute atomic E-state index is 13.8. The van der Waals surface area contributed by atoms with Gasteiger partial charge >= 0.3 is 0 Å². The van der Waals surface area contributed by atoms with Crippen molar-refractivity contribution in [2.75, 3.05) is 66.1 Å². The second kappa shape index (κ2) is 11.6. The fraction of sp³-hybridized carbons (Fsp3) is 0.579. The van der Waals surface area contributed by atoms with E-state index in [1.807, 2.05) is 4.90 Å². The average Bonchev–Trinajstić information content (AvgIpc) is 2.72. The third-order valence-electron chi connectivity index (χ3n) is 5.05. The minimum absolute atomic E-state index is 0. The summed E-state index contributed by atoms with van der Waals surface area (Å²) in [5.41, 5.74) is 0.260. The highest BCUT2D eigenvalue weighted by Crippen LogP contribution is 2.10. The smallest absolute Gasteiger partial charge is 0.236 e. The zero-order chi connectivity index (χ0) is 19.9. The highest BCUT2D eigenvalue weighted by atomic mass is 127. The molecule has 29 heavy (non-hydrogen) atoms. The molecule has 2 fully saturated rings. The van der Waals surface area contributed by atoms with Gasteiger partial charge in [-0.15, -0.1) is 24.0 Å². The van der Waals surface area contributed by atoms with Crippen LogP contribution in [0.5, 0.6) is 0 Å². The number of carbonyl (C=O) groups is 1. The largest absolute Gasteiger partial charge is 0.378 e. The van der Waals surface area contributed by atoms with Crippen LogP contribution in [0.4, 0.5) is 8.78 Å². The Morgan fingerprint density at radius 3 is 2.45 bits per heavy atom. The molecule has 0 spiro atoms. The Labute approximate surface area is 187 Å². The summed E-state index contributed by atoms with van der Waals surface area (Å²) in [6.45, 7) is 6.00. The third-order valence-corrected chi connectivity index (χ3v) is 5.05. The standard InChI is InChI=1S/C19H27F2N5O2.HI/c1-22-19(23-13-15-12-16(20)2-3-17(15)21)26-6-4-24(5-7-26)14-18(27)25-8-10-28-11-9-25;/h2-3,12H,4-11,13-14H2,1H3,(H,22,23);1H. The number of rotatable bonds is 4. The van der Waals surface area contributed by atoms with Gasteiger partial charge in [-0.1, -0.05) is 0 Å². The second-order valence-corrected chi connectivity index (χ2v) is 6.89. The van der Waals surface area contributed by atoms with Gasteiger partial charge in [0.2, 0.25) is 5.91 Å². The SMILES string of the molecule is CN=C(NCc1cc(F)ccc1F)N1CCN(CC(=O)N2CCOCC2)CC1.I. The lowest BCUT2D eigenvalue weighted by atomic mass is 10.2. The molecule has 1 N–H and O–H groups in total. The molecule has 7 nitrogen and oxygen atoms in total. The van der Waals surface area contributed by atoms with E-state index in [9.17, 15) is 13.6 Å². The van der Waals surface area contributed by atoms with Crippen LogP contribution in [0, 0.1) is 11.6 Å². The minimum Gasteiger partial charge on any atom is -0.378 e. The maximum atomic E-state index is 13.8. The first-order chi connectivity index (χ1) is 13.6. The van der Waals surface area contributed by atoms with Crippen LogP contribution in [0.1, 0.15) is 5.56 Å². The number of guanidine groups is 1. The molecular formula is C19H28F2IN5O2. The van der Waals surface area contributed by atoms with Crippen LogP contribution in [-0.4, -0.2) is 92.6 Å². The van der Waals surface area contributed by atoms with Crippen LogP contribution >= 0.6 is 24.0 Å². The molecule has 162 valence electrons. The Morgan fingerprint density at radius 2 is 1.79 bits per heavy atom. The normalized spacial score (nSPS) is 18.4. The topological polar surface area (TPSA) is 60.4 Å². The van der Waals surface area contributed by atoms with E-state index in [0.717, 1.165) is 25.2 Å². The van der Waals surface area contributed by atoms with Crippen molar-refractivity contribution in [2.24, 2.45) is 4.99 Å². The lowest BCUT2D eigenvalue weighted by Crippen LogP contribution is -2.54.